The smallest absolute Gasteiger partial charge is 0.171 e. The quantitative estimate of drug-likeness (QED) is 0.793. The summed E-state index contributed by atoms with van der Waals surface area (Å²) in [4.78, 5) is 13.9. The van der Waals surface area contributed by atoms with E-state index in [1.54, 1.807) is 6.33 Å². The van der Waals surface area contributed by atoms with Crippen molar-refractivity contribution in [2.75, 3.05) is 49.2 Å². The maximum atomic E-state index is 5.85. The monoisotopic (exact) mass is 394 g/mol. The van der Waals surface area contributed by atoms with Crippen LogP contribution in [0.25, 0.3) is 0 Å². The summed E-state index contributed by atoms with van der Waals surface area (Å²) in [7, 11) is 0. The molecule has 0 bridgehead atoms. The average Bonchev–Trinajstić information content (AvgIpc) is 3.23. The van der Waals surface area contributed by atoms with Crippen molar-refractivity contribution < 1.29 is 9.47 Å². The molecule has 1 spiro atoms. The van der Waals surface area contributed by atoms with Crippen molar-refractivity contribution in [2.24, 2.45) is 5.92 Å². The van der Waals surface area contributed by atoms with E-state index in [4.69, 9.17) is 9.47 Å². The normalized spacial score (nSPS) is 22.3. The molecule has 0 amide bonds. The lowest BCUT2D eigenvalue weighted by atomic mass is 9.90. The maximum absolute atomic E-state index is 5.85. The Balaban J connectivity index is 1.18. The molecular formula is C23H30N4O2. The summed E-state index contributed by atoms with van der Waals surface area (Å²) in [6.45, 7) is 5.40. The molecule has 0 N–H and O–H groups in total. The summed E-state index contributed by atoms with van der Waals surface area (Å²) in [5.74, 6) is 2.50. The number of nitrogens with zero attached hydrogens (tertiary/aromatic N) is 4. The zero-order valence-corrected chi connectivity index (χ0v) is 17.0. The molecule has 0 saturated carbocycles. The zero-order chi connectivity index (χ0) is 19.5. The van der Waals surface area contributed by atoms with Crippen molar-refractivity contribution in [2.45, 2.75) is 37.9 Å². The van der Waals surface area contributed by atoms with E-state index in [1.807, 2.05) is 0 Å². The Labute approximate surface area is 172 Å². The molecule has 6 nitrogen and oxygen atoms in total. The van der Waals surface area contributed by atoms with Crippen LogP contribution in [0.5, 0.6) is 0 Å². The lowest BCUT2D eigenvalue weighted by Gasteiger charge is -2.38. The summed E-state index contributed by atoms with van der Waals surface area (Å²) in [6.07, 6.45) is 7.13. The van der Waals surface area contributed by atoms with Gasteiger partial charge in [-0.05, 0) is 30.7 Å². The van der Waals surface area contributed by atoms with Crippen LogP contribution in [0, 0.1) is 5.92 Å². The first kappa shape index (κ1) is 18.8. The summed E-state index contributed by atoms with van der Waals surface area (Å²) >= 11 is 0. The Kier molecular flexibility index (Phi) is 5.38. The number of hydrogen-bond acceptors (Lipinski definition) is 6. The van der Waals surface area contributed by atoms with Gasteiger partial charge < -0.3 is 19.3 Å². The average molecular weight is 395 g/mol. The third-order valence-corrected chi connectivity index (χ3v) is 6.61. The Morgan fingerprint density at radius 1 is 0.862 bits per heavy atom. The van der Waals surface area contributed by atoms with Gasteiger partial charge in [-0.2, -0.15) is 0 Å². The van der Waals surface area contributed by atoms with Gasteiger partial charge in [0, 0.05) is 45.1 Å². The summed E-state index contributed by atoms with van der Waals surface area (Å²) in [5.41, 5.74) is 1.45. The number of anilines is 2. The van der Waals surface area contributed by atoms with Crippen LogP contribution in [0.15, 0.2) is 42.7 Å². The number of rotatable bonds is 4. The van der Waals surface area contributed by atoms with E-state index in [9.17, 15) is 0 Å². The maximum Gasteiger partial charge on any atom is 0.171 e. The SMILES string of the molecule is c1ccc(CC2CCN(c3cc(N4CCC5(CC4)OCCO5)ncn3)CC2)cc1. The molecule has 0 aliphatic carbocycles. The second-order valence-corrected chi connectivity index (χ2v) is 8.45. The van der Waals surface area contributed by atoms with Gasteiger partial charge in [0.2, 0.25) is 0 Å². The molecule has 2 aromatic rings. The second-order valence-electron chi connectivity index (χ2n) is 8.45. The van der Waals surface area contributed by atoms with E-state index >= 15 is 0 Å². The predicted octanol–water partition coefficient (Wildman–Crippen LogP) is 3.28. The molecule has 3 fully saturated rings. The fraction of sp³-hybridized carbons (Fsp3) is 0.565. The highest BCUT2D eigenvalue weighted by atomic mass is 16.7. The Bertz CT molecular complexity index is 792. The van der Waals surface area contributed by atoms with Gasteiger partial charge in [0.15, 0.2) is 5.79 Å². The molecule has 1 aromatic heterocycles. The van der Waals surface area contributed by atoms with Gasteiger partial charge in [-0.1, -0.05) is 30.3 Å². The molecule has 6 heteroatoms. The fourth-order valence-electron chi connectivity index (χ4n) is 4.86. The van der Waals surface area contributed by atoms with E-state index in [2.05, 4.69) is 56.2 Å². The number of aromatic nitrogens is 2. The molecular weight excluding hydrogens is 364 g/mol. The fourth-order valence-corrected chi connectivity index (χ4v) is 4.86. The van der Waals surface area contributed by atoms with E-state index in [1.165, 1.54) is 24.8 Å². The van der Waals surface area contributed by atoms with Gasteiger partial charge in [0.1, 0.15) is 18.0 Å². The van der Waals surface area contributed by atoms with Gasteiger partial charge in [-0.15, -0.1) is 0 Å². The second kappa shape index (κ2) is 8.28. The van der Waals surface area contributed by atoms with Crippen molar-refractivity contribution in [1.82, 2.24) is 9.97 Å². The van der Waals surface area contributed by atoms with Crippen LogP contribution in [0.2, 0.25) is 0 Å². The Morgan fingerprint density at radius 2 is 1.48 bits per heavy atom. The molecule has 154 valence electrons. The Hall–Kier alpha value is -2.18. The van der Waals surface area contributed by atoms with Gasteiger partial charge in [-0.3, -0.25) is 0 Å². The summed E-state index contributed by atoms with van der Waals surface area (Å²) < 4.78 is 11.7. The number of ether oxygens (including phenoxy) is 2. The van der Waals surface area contributed by atoms with Gasteiger partial charge in [0.05, 0.1) is 13.2 Å². The zero-order valence-electron chi connectivity index (χ0n) is 17.0. The number of hydrogen-bond donors (Lipinski definition) is 0. The topological polar surface area (TPSA) is 50.7 Å². The molecule has 0 unspecified atom stereocenters. The molecule has 0 radical (unpaired) electrons. The first-order valence-corrected chi connectivity index (χ1v) is 10.9. The first-order chi connectivity index (χ1) is 14.3. The third-order valence-electron chi connectivity index (χ3n) is 6.61. The third kappa shape index (κ3) is 4.23. The van der Waals surface area contributed by atoms with E-state index < -0.39 is 0 Å². The van der Waals surface area contributed by atoms with Crippen LogP contribution in [0.1, 0.15) is 31.2 Å². The van der Waals surface area contributed by atoms with Crippen molar-refractivity contribution in [3.63, 3.8) is 0 Å². The van der Waals surface area contributed by atoms with E-state index in [0.29, 0.717) is 0 Å². The highest BCUT2D eigenvalue weighted by molar-refractivity contribution is 5.50. The van der Waals surface area contributed by atoms with E-state index in [-0.39, 0.29) is 5.79 Å². The minimum atomic E-state index is -0.340. The van der Waals surface area contributed by atoms with Crippen molar-refractivity contribution in [3.05, 3.63) is 48.3 Å². The minimum Gasteiger partial charge on any atom is -0.356 e. The highest BCUT2D eigenvalue weighted by Gasteiger charge is 2.40. The highest BCUT2D eigenvalue weighted by Crippen LogP contribution is 2.33. The lowest BCUT2D eigenvalue weighted by Crippen LogP contribution is -2.45. The van der Waals surface area contributed by atoms with Crippen LogP contribution in [0.3, 0.4) is 0 Å². The molecule has 4 heterocycles. The van der Waals surface area contributed by atoms with Crippen LogP contribution in [0.4, 0.5) is 11.6 Å². The van der Waals surface area contributed by atoms with Crippen molar-refractivity contribution >= 4 is 11.6 Å². The molecule has 5 rings (SSSR count). The Morgan fingerprint density at radius 3 is 2.14 bits per heavy atom. The van der Waals surface area contributed by atoms with Crippen LogP contribution < -0.4 is 9.80 Å². The lowest BCUT2D eigenvalue weighted by molar-refractivity contribution is -0.169. The van der Waals surface area contributed by atoms with Crippen molar-refractivity contribution in [1.29, 1.82) is 0 Å². The first-order valence-electron chi connectivity index (χ1n) is 10.9. The van der Waals surface area contributed by atoms with Gasteiger partial charge in [-0.25, -0.2) is 9.97 Å². The van der Waals surface area contributed by atoms with Crippen LogP contribution in [-0.2, 0) is 15.9 Å². The molecule has 3 saturated heterocycles. The van der Waals surface area contributed by atoms with Crippen LogP contribution >= 0.6 is 0 Å². The summed E-state index contributed by atoms with van der Waals surface area (Å²) in [6, 6.07) is 13.0. The molecule has 29 heavy (non-hydrogen) atoms. The standard InChI is InChI=1S/C23H30N4O2/c1-2-4-19(5-3-1)16-20-6-10-26(11-7-20)21-17-22(25-18-24-21)27-12-8-23(9-13-27)28-14-15-29-23/h1-5,17-18,20H,6-16H2. The molecule has 1 aromatic carbocycles. The van der Waals surface area contributed by atoms with Crippen molar-refractivity contribution in [3.8, 4) is 0 Å². The largest absolute Gasteiger partial charge is 0.356 e. The van der Waals surface area contributed by atoms with E-state index in [0.717, 1.165) is 69.8 Å². The van der Waals surface area contributed by atoms with Gasteiger partial charge in [0.25, 0.3) is 0 Å². The number of benzene rings is 1. The van der Waals surface area contributed by atoms with Gasteiger partial charge >= 0.3 is 0 Å². The molecule has 0 atom stereocenters. The number of piperidine rings is 2. The summed E-state index contributed by atoms with van der Waals surface area (Å²) in [5, 5.41) is 0. The van der Waals surface area contributed by atoms with Crippen LogP contribution in [-0.4, -0.2) is 55.1 Å². The minimum absolute atomic E-state index is 0.340. The molecule has 3 aliphatic rings. The predicted molar refractivity (Wildman–Crippen MR) is 113 cm³/mol. The molecule has 3 aliphatic heterocycles.